The van der Waals surface area contributed by atoms with Gasteiger partial charge in [-0.1, -0.05) is 42.8 Å². The van der Waals surface area contributed by atoms with Crippen LogP contribution in [0.5, 0.6) is 5.75 Å². The molecule has 0 aliphatic rings. The van der Waals surface area contributed by atoms with Gasteiger partial charge in [-0.2, -0.15) is 0 Å². The van der Waals surface area contributed by atoms with E-state index < -0.39 is 0 Å². The number of halogens is 1. The zero-order valence-corrected chi connectivity index (χ0v) is 16.2. The van der Waals surface area contributed by atoms with Gasteiger partial charge >= 0.3 is 0 Å². The first-order valence-electron chi connectivity index (χ1n) is 8.79. The number of likely N-dealkylation sites (N-methyl/N-ethyl adjacent to an activating group) is 1. The number of carbonyl (C=O) groups is 1. The molecule has 0 aliphatic carbocycles. The smallest absolute Gasteiger partial charge is 0.238 e. The maximum Gasteiger partial charge on any atom is 0.238 e. The molecular weight excluding hydrogens is 362 g/mol. The van der Waals surface area contributed by atoms with Crippen molar-refractivity contribution < 1.29 is 9.53 Å². The van der Waals surface area contributed by atoms with Gasteiger partial charge in [0.1, 0.15) is 10.9 Å². The molecule has 2 aromatic carbocycles. The summed E-state index contributed by atoms with van der Waals surface area (Å²) in [5, 5.41) is 4.41. The highest BCUT2D eigenvalue weighted by Crippen LogP contribution is 2.22. The molecule has 1 heterocycles. The molecule has 1 N–H and O–H groups in total. The second-order valence-corrected chi connectivity index (χ2v) is 6.57. The van der Waals surface area contributed by atoms with E-state index in [1.54, 1.807) is 13.2 Å². The molecule has 0 radical (unpaired) electrons. The van der Waals surface area contributed by atoms with Crippen LogP contribution in [0.25, 0.3) is 10.9 Å². The molecule has 140 valence electrons. The Labute approximate surface area is 163 Å². The third kappa shape index (κ3) is 4.96. The summed E-state index contributed by atoms with van der Waals surface area (Å²) in [4.78, 5) is 18.9. The lowest BCUT2D eigenvalue weighted by molar-refractivity contribution is -0.117. The van der Waals surface area contributed by atoms with Crippen LogP contribution < -0.4 is 10.1 Å². The van der Waals surface area contributed by atoms with Gasteiger partial charge in [-0.15, -0.1) is 0 Å². The van der Waals surface area contributed by atoms with E-state index in [4.69, 9.17) is 16.3 Å². The Morgan fingerprint density at radius 1 is 1.19 bits per heavy atom. The fourth-order valence-electron chi connectivity index (χ4n) is 2.87. The Morgan fingerprint density at radius 2 is 2.00 bits per heavy atom. The fourth-order valence-corrected chi connectivity index (χ4v) is 3.08. The number of hydrogen-bond acceptors (Lipinski definition) is 4. The highest BCUT2D eigenvalue weighted by atomic mass is 35.5. The number of carbonyl (C=O) groups excluding carboxylic acids is 1. The quantitative estimate of drug-likeness (QED) is 0.616. The third-order valence-electron chi connectivity index (χ3n) is 4.31. The Bertz CT molecular complexity index is 946. The van der Waals surface area contributed by atoms with E-state index in [0.717, 1.165) is 16.5 Å². The number of methoxy groups -OCH3 is 1. The first-order chi connectivity index (χ1) is 13.1. The molecule has 0 fully saturated rings. The number of rotatable bonds is 7. The first kappa shape index (κ1) is 19.1. The molecule has 0 aliphatic heterocycles. The summed E-state index contributed by atoms with van der Waals surface area (Å²) in [6.07, 6.45) is 0. The molecule has 0 saturated heterocycles. The monoisotopic (exact) mass is 383 g/mol. The van der Waals surface area contributed by atoms with E-state index in [1.807, 2.05) is 60.4 Å². The van der Waals surface area contributed by atoms with E-state index >= 15 is 0 Å². The number of amides is 1. The first-order valence-corrected chi connectivity index (χ1v) is 9.17. The normalized spacial score (nSPS) is 11.0. The van der Waals surface area contributed by atoms with Crippen LogP contribution in [0.1, 0.15) is 12.5 Å². The molecule has 27 heavy (non-hydrogen) atoms. The van der Waals surface area contributed by atoms with Crippen LogP contribution in [0.3, 0.4) is 0 Å². The summed E-state index contributed by atoms with van der Waals surface area (Å²) in [6, 6.07) is 17.2. The van der Waals surface area contributed by atoms with Crippen molar-refractivity contribution in [1.29, 1.82) is 0 Å². The van der Waals surface area contributed by atoms with Crippen molar-refractivity contribution in [2.75, 3.05) is 25.5 Å². The van der Waals surface area contributed by atoms with Gasteiger partial charge in [0.15, 0.2) is 0 Å². The van der Waals surface area contributed by atoms with Gasteiger partial charge in [-0.25, -0.2) is 4.98 Å². The number of benzene rings is 2. The average Bonchev–Trinajstić information content (AvgIpc) is 2.68. The van der Waals surface area contributed by atoms with Crippen LogP contribution in [0.4, 0.5) is 5.69 Å². The summed E-state index contributed by atoms with van der Waals surface area (Å²) in [6.45, 7) is 3.55. The lowest BCUT2D eigenvalue weighted by atomic mass is 10.1. The maximum atomic E-state index is 12.4. The number of anilines is 1. The minimum Gasteiger partial charge on any atom is -0.497 e. The highest BCUT2D eigenvalue weighted by Gasteiger charge is 2.13. The van der Waals surface area contributed by atoms with Crippen molar-refractivity contribution in [1.82, 2.24) is 9.88 Å². The van der Waals surface area contributed by atoms with Gasteiger partial charge < -0.3 is 10.1 Å². The van der Waals surface area contributed by atoms with Crippen LogP contribution in [0.2, 0.25) is 5.15 Å². The van der Waals surface area contributed by atoms with Crippen molar-refractivity contribution in [3.05, 3.63) is 65.3 Å². The zero-order chi connectivity index (χ0) is 19.2. The Kier molecular flexibility index (Phi) is 6.27. The van der Waals surface area contributed by atoms with Crippen LogP contribution in [0.15, 0.2) is 54.6 Å². The number of fused-ring (bicyclic) bond motifs is 1. The molecule has 1 amide bonds. The van der Waals surface area contributed by atoms with Gasteiger partial charge in [0.05, 0.1) is 19.2 Å². The van der Waals surface area contributed by atoms with Crippen LogP contribution in [0, 0.1) is 0 Å². The van der Waals surface area contributed by atoms with Crippen molar-refractivity contribution in [3.8, 4) is 5.75 Å². The van der Waals surface area contributed by atoms with Crippen LogP contribution >= 0.6 is 11.6 Å². The number of ether oxygens (including phenoxy) is 1. The molecule has 0 atom stereocenters. The summed E-state index contributed by atoms with van der Waals surface area (Å²) < 4.78 is 5.18. The van der Waals surface area contributed by atoms with Gasteiger partial charge in [-0.05, 0) is 30.8 Å². The average molecular weight is 384 g/mol. The molecular formula is C21H22ClN3O2. The van der Waals surface area contributed by atoms with Gasteiger partial charge in [0, 0.05) is 29.2 Å². The summed E-state index contributed by atoms with van der Waals surface area (Å²) in [5.74, 6) is 0.615. The summed E-state index contributed by atoms with van der Waals surface area (Å²) >= 11 is 6.35. The largest absolute Gasteiger partial charge is 0.497 e. The predicted molar refractivity (Wildman–Crippen MR) is 109 cm³/mol. The number of aromatic nitrogens is 1. The Hall–Kier alpha value is -2.63. The van der Waals surface area contributed by atoms with Crippen LogP contribution in [-0.2, 0) is 11.3 Å². The Morgan fingerprint density at radius 3 is 2.78 bits per heavy atom. The third-order valence-corrected chi connectivity index (χ3v) is 4.64. The van der Waals surface area contributed by atoms with E-state index in [1.165, 1.54) is 0 Å². The minimum atomic E-state index is -0.0880. The van der Waals surface area contributed by atoms with E-state index in [0.29, 0.717) is 29.7 Å². The van der Waals surface area contributed by atoms with Gasteiger partial charge in [-0.3, -0.25) is 9.69 Å². The number of hydrogen-bond donors (Lipinski definition) is 1. The minimum absolute atomic E-state index is 0.0880. The molecule has 0 unspecified atom stereocenters. The van der Waals surface area contributed by atoms with Crippen molar-refractivity contribution in [2.24, 2.45) is 0 Å². The van der Waals surface area contributed by atoms with Crippen molar-refractivity contribution in [3.63, 3.8) is 0 Å². The van der Waals surface area contributed by atoms with Crippen LogP contribution in [-0.4, -0.2) is 36.0 Å². The molecule has 5 nitrogen and oxygen atoms in total. The second kappa shape index (κ2) is 8.84. The topological polar surface area (TPSA) is 54.5 Å². The lowest BCUT2D eigenvalue weighted by Gasteiger charge is -2.20. The standard InChI is InChI=1S/C21H22ClN3O2/c1-3-25(14-20(26)23-17-8-6-9-18(12-17)27-2)13-16-11-15-7-4-5-10-19(15)24-21(16)22/h4-12H,3,13-14H2,1-2H3,(H,23,26). The molecule has 0 saturated carbocycles. The fraction of sp³-hybridized carbons (Fsp3) is 0.238. The molecule has 3 rings (SSSR count). The molecule has 1 aromatic heterocycles. The second-order valence-electron chi connectivity index (χ2n) is 6.21. The summed E-state index contributed by atoms with van der Waals surface area (Å²) in [5.41, 5.74) is 2.48. The molecule has 0 spiro atoms. The molecule has 3 aromatic rings. The highest BCUT2D eigenvalue weighted by molar-refractivity contribution is 6.30. The SMILES string of the molecule is CCN(CC(=O)Nc1cccc(OC)c1)Cc1cc2ccccc2nc1Cl. The number of para-hydroxylation sites is 1. The van der Waals surface area contributed by atoms with Gasteiger partial charge in [0.2, 0.25) is 5.91 Å². The molecule has 6 heteroatoms. The number of nitrogens with zero attached hydrogens (tertiary/aromatic N) is 2. The lowest BCUT2D eigenvalue weighted by Crippen LogP contribution is -2.32. The van der Waals surface area contributed by atoms with E-state index in [2.05, 4.69) is 10.3 Å². The van der Waals surface area contributed by atoms with Crippen molar-refractivity contribution in [2.45, 2.75) is 13.5 Å². The maximum absolute atomic E-state index is 12.4. The van der Waals surface area contributed by atoms with Crippen molar-refractivity contribution >= 4 is 34.1 Å². The molecule has 0 bridgehead atoms. The number of nitrogens with one attached hydrogen (secondary N) is 1. The predicted octanol–water partition coefficient (Wildman–Crippen LogP) is 4.36. The van der Waals surface area contributed by atoms with E-state index in [9.17, 15) is 4.79 Å². The Balaban J connectivity index is 1.68. The van der Waals surface area contributed by atoms with E-state index in [-0.39, 0.29) is 12.5 Å². The number of pyridine rings is 1. The van der Waals surface area contributed by atoms with Gasteiger partial charge in [0.25, 0.3) is 0 Å². The summed E-state index contributed by atoms with van der Waals surface area (Å²) in [7, 11) is 1.60. The zero-order valence-electron chi connectivity index (χ0n) is 15.4.